The Balaban J connectivity index is 1.58. The molecule has 0 saturated heterocycles. The molecule has 0 unspecified atom stereocenters. The lowest BCUT2D eigenvalue weighted by atomic mass is 9.77. The maximum absolute atomic E-state index is 13.5. The summed E-state index contributed by atoms with van der Waals surface area (Å²) in [5.41, 5.74) is 2.80. The highest BCUT2D eigenvalue weighted by Crippen LogP contribution is 2.50. The quantitative estimate of drug-likeness (QED) is 0.277. The Morgan fingerprint density at radius 1 is 0.929 bits per heavy atom. The van der Waals surface area contributed by atoms with Crippen LogP contribution in [0.5, 0.6) is 0 Å². The number of allylic oxidation sites excluding steroid dienone is 5. The molecule has 0 aromatic heterocycles. The van der Waals surface area contributed by atoms with E-state index in [1.807, 2.05) is 51.0 Å². The first-order valence-corrected chi connectivity index (χ1v) is 16.3. The van der Waals surface area contributed by atoms with Crippen LogP contribution in [0.1, 0.15) is 52.7 Å². The first-order valence-electron chi connectivity index (χ1n) is 13.4. The number of benzene rings is 2. The number of aliphatic hydroxyl groups is 1. The highest BCUT2D eigenvalue weighted by atomic mass is 32.2. The van der Waals surface area contributed by atoms with Crippen LogP contribution in [0.2, 0.25) is 0 Å². The summed E-state index contributed by atoms with van der Waals surface area (Å²) in [6, 6.07) is 8.59. The van der Waals surface area contributed by atoms with E-state index in [2.05, 4.69) is 0 Å². The number of ketones is 1. The van der Waals surface area contributed by atoms with Crippen LogP contribution >= 0.6 is 0 Å². The molecule has 2 heterocycles. The highest BCUT2D eigenvalue weighted by Gasteiger charge is 2.47. The highest BCUT2D eigenvalue weighted by molar-refractivity contribution is 7.86. The Hall–Kier alpha value is -3.58. The van der Waals surface area contributed by atoms with E-state index in [9.17, 15) is 35.8 Å². The zero-order valence-corrected chi connectivity index (χ0v) is 25.7. The van der Waals surface area contributed by atoms with Crippen LogP contribution in [-0.2, 0) is 35.9 Å². The number of carbonyl (C=O) groups is 1. The summed E-state index contributed by atoms with van der Waals surface area (Å²) < 4.78 is 70.1. The molecule has 2 N–H and O–H groups in total. The van der Waals surface area contributed by atoms with Crippen molar-refractivity contribution in [3.63, 3.8) is 0 Å². The molecule has 10 nitrogen and oxygen atoms in total. The summed E-state index contributed by atoms with van der Waals surface area (Å²) in [5.74, 6) is -0.563. The number of aliphatic hydroxyl groups excluding tert-OH is 1. The molecule has 0 amide bonds. The largest absolute Gasteiger partial charge is 0.744 e. The van der Waals surface area contributed by atoms with Crippen molar-refractivity contribution in [2.75, 3.05) is 18.0 Å². The Bertz CT molecular complexity index is 1930. The van der Waals surface area contributed by atoms with Gasteiger partial charge in [-0.05, 0) is 69.7 Å². The minimum absolute atomic E-state index is 0.109. The van der Waals surface area contributed by atoms with Crippen molar-refractivity contribution in [3.05, 3.63) is 82.3 Å². The van der Waals surface area contributed by atoms with Crippen LogP contribution in [0, 0.1) is 0 Å². The topological polar surface area (TPSA) is 155 Å². The van der Waals surface area contributed by atoms with Gasteiger partial charge in [0.1, 0.15) is 22.4 Å². The first kappa shape index (κ1) is 29.9. The van der Waals surface area contributed by atoms with Crippen LogP contribution in [0.25, 0.3) is 0 Å². The fourth-order valence-electron chi connectivity index (χ4n) is 6.21. The number of hydrogen-bond donors (Lipinski definition) is 2. The second-order valence-electron chi connectivity index (χ2n) is 11.6. The maximum atomic E-state index is 13.5. The third-order valence-corrected chi connectivity index (χ3v) is 10.2. The lowest BCUT2D eigenvalue weighted by molar-refractivity contribution is -0.433. The SMILES string of the molecule is CCN1/C(=C/C2=C(O)C(=C\C3=[N+](CC)c4ccc(S(=O)(=O)[O-])cc4C3(C)C)/C2=O)C(C)(C)c2cc(S(=O)(=O)O)ccc21. The number of hydrogen-bond acceptors (Lipinski definition) is 8. The van der Waals surface area contributed by atoms with Crippen molar-refractivity contribution in [2.45, 2.75) is 62.2 Å². The van der Waals surface area contributed by atoms with Gasteiger partial charge >= 0.3 is 0 Å². The molecule has 0 bridgehead atoms. The van der Waals surface area contributed by atoms with Crippen LogP contribution in [0.4, 0.5) is 11.4 Å². The monoisotopic (exact) mass is 612 g/mol. The van der Waals surface area contributed by atoms with E-state index < -0.39 is 31.1 Å². The van der Waals surface area contributed by atoms with Gasteiger partial charge in [-0.15, -0.1) is 0 Å². The molecular formula is C30H32N2O8S2. The lowest BCUT2D eigenvalue weighted by Crippen LogP contribution is -2.32. The molecule has 0 fully saturated rings. The van der Waals surface area contributed by atoms with Gasteiger partial charge in [-0.25, -0.2) is 8.42 Å². The van der Waals surface area contributed by atoms with E-state index in [0.29, 0.717) is 41.3 Å². The number of anilines is 1. The number of rotatable bonds is 6. The molecule has 42 heavy (non-hydrogen) atoms. The van der Waals surface area contributed by atoms with Gasteiger partial charge in [-0.2, -0.15) is 13.0 Å². The van der Waals surface area contributed by atoms with Crippen molar-refractivity contribution in [1.29, 1.82) is 0 Å². The van der Waals surface area contributed by atoms with E-state index in [4.69, 9.17) is 0 Å². The van der Waals surface area contributed by atoms with Gasteiger partial charge in [0.15, 0.2) is 5.71 Å². The van der Waals surface area contributed by atoms with Crippen LogP contribution in [-0.4, -0.2) is 60.2 Å². The molecule has 2 aliphatic heterocycles. The third-order valence-electron chi connectivity index (χ3n) is 8.51. The number of nitrogens with zero attached hydrogens (tertiary/aromatic N) is 2. The summed E-state index contributed by atoms with van der Waals surface area (Å²) >= 11 is 0. The molecule has 1 aliphatic carbocycles. The Kier molecular flexibility index (Phi) is 6.74. The summed E-state index contributed by atoms with van der Waals surface area (Å²) in [4.78, 5) is 14.8. The number of Topliss-reactive ketones (excluding diaryl/α,β-unsaturated/α-hetero) is 1. The van der Waals surface area contributed by atoms with E-state index in [1.165, 1.54) is 24.3 Å². The number of carbonyl (C=O) groups excluding carboxylic acids is 1. The molecule has 12 heteroatoms. The molecule has 0 atom stereocenters. The molecule has 5 rings (SSSR count). The summed E-state index contributed by atoms with van der Waals surface area (Å²) in [6.07, 6.45) is 3.23. The second-order valence-corrected chi connectivity index (χ2v) is 14.4. The van der Waals surface area contributed by atoms with Crippen LogP contribution in [0.3, 0.4) is 0 Å². The fraction of sp³-hybridized carbons (Fsp3) is 0.333. The Morgan fingerprint density at radius 2 is 1.55 bits per heavy atom. The van der Waals surface area contributed by atoms with Crippen LogP contribution in [0.15, 0.2) is 80.9 Å². The zero-order valence-electron chi connectivity index (χ0n) is 24.1. The van der Waals surface area contributed by atoms with Gasteiger partial charge in [-0.1, -0.05) is 13.8 Å². The van der Waals surface area contributed by atoms with Gasteiger partial charge in [0.25, 0.3) is 10.1 Å². The van der Waals surface area contributed by atoms with Gasteiger partial charge in [0.05, 0.1) is 26.4 Å². The predicted molar refractivity (Wildman–Crippen MR) is 156 cm³/mol. The first-order chi connectivity index (χ1) is 19.3. The van der Waals surface area contributed by atoms with Crippen LogP contribution < -0.4 is 4.90 Å². The van der Waals surface area contributed by atoms with Gasteiger partial charge in [0.2, 0.25) is 11.5 Å². The minimum Gasteiger partial charge on any atom is -0.744 e. The molecule has 3 aliphatic rings. The zero-order chi connectivity index (χ0) is 31.2. The molecule has 0 spiro atoms. The van der Waals surface area contributed by atoms with E-state index in [-0.39, 0.29) is 32.5 Å². The number of likely N-dealkylation sites (N-methyl/N-ethyl adjacent to an activating group) is 1. The smallest absolute Gasteiger partial charge is 0.294 e. The summed E-state index contributed by atoms with van der Waals surface area (Å²) in [6.45, 7) is 12.3. The van der Waals surface area contributed by atoms with Crippen molar-refractivity contribution in [3.8, 4) is 0 Å². The average Bonchev–Trinajstić information content (AvgIpc) is 3.26. The molecule has 2 aromatic rings. The average molecular weight is 613 g/mol. The maximum Gasteiger partial charge on any atom is 0.294 e. The summed E-state index contributed by atoms with van der Waals surface area (Å²) in [7, 11) is -9.08. The normalized spacial score (nSPS) is 21.3. The lowest BCUT2D eigenvalue weighted by Gasteiger charge is -2.28. The second kappa shape index (κ2) is 9.46. The van der Waals surface area contributed by atoms with Crippen molar-refractivity contribution in [2.24, 2.45) is 0 Å². The Morgan fingerprint density at radius 3 is 2.10 bits per heavy atom. The minimum atomic E-state index is -4.66. The van der Waals surface area contributed by atoms with Gasteiger partial charge < -0.3 is 14.6 Å². The fourth-order valence-corrected chi connectivity index (χ4v) is 7.21. The molecule has 0 saturated carbocycles. The standard InChI is InChI=1S/C30H32N2O8S2/c1-7-31-23-11-9-17(41(35,36)37)13-21(23)29(3,4)25(31)15-19-27(33)20(28(19)34)16-26-30(5,6)22-14-18(42(38,39)40)10-12-24(22)32(26)8-2/h9-16H,7-8H2,1-6H3,(H2-,33,34,35,36,37,38,39,40). The van der Waals surface area contributed by atoms with Gasteiger partial charge in [-0.3, -0.25) is 9.35 Å². The van der Waals surface area contributed by atoms with Crippen molar-refractivity contribution in [1.82, 2.24) is 0 Å². The van der Waals surface area contributed by atoms with E-state index in [0.717, 1.165) is 5.69 Å². The molecule has 222 valence electrons. The molecule has 2 aromatic carbocycles. The number of fused-ring (bicyclic) bond motifs is 2. The van der Waals surface area contributed by atoms with Gasteiger partial charge in [0, 0.05) is 41.1 Å². The molecular weight excluding hydrogens is 580 g/mol. The Labute approximate surface area is 245 Å². The van der Waals surface area contributed by atoms with Crippen molar-refractivity contribution >= 4 is 43.1 Å². The third kappa shape index (κ3) is 4.36. The van der Waals surface area contributed by atoms with E-state index in [1.54, 1.807) is 24.3 Å². The van der Waals surface area contributed by atoms with Crippen molar-refractivity contribution < 1.29 is 40.4 Å². The van der Waals surface area contributed by atoms with E-state index >= 15 is 0 Å². The summed E-state index contributed by atoms with van der Waals surface area (Å²) in [5, 5.41) is 11.1. The predicted octanol–water partition coefficient (Wildman–Crippen LogP) is 4.26. The molecule has 0 radical (unpaired) electrons.